The Morgan fingerprint density at radius 2 is 1.89 bits per heavy atom. The SMILES string of the molecule is CCc1ccc(CCC(=O)NC(C)COC)cc1. The quantitative estimate of drug-likeness (QED) is 0.805. The largest absolute Gasteiger partial charge is 0.383 e. The van der Waals surface area contributed by atoms with Gasteiger partial charge in [-0.05, 0) is 30.9 Å². The molecule has 3 nitrogen and oxygen atoms in total. The van der Waals surface area contributed by atoms with Crippen LogP contribution in [-0.2, 0) is 22.4 Å². The van der Waals surface area contributed by atoms with Crippen LogP contribution in [0.5, 0.6) is 0 Å². The maximum Gasteiger partial charge on any atom is 0.220 e. The fourth-order valence-electron chi connectivity index (χ4n) is 1.84. The van der Waals surface area contributed by atoms with Crippen LogP contribution in [0.25, 0.3) is 0 Å². The number of nitrogens with one attached hydrogen (secondary N) is 1. The Morgan fingerprint density at radius 1 is 1.28 bits per heavy atom. The number of hydrogen-bond acceptors (Lipinski definition) is 2. The van der Waals surface area contributed by atoms with E-state index < -0.39 is 0 Å². The highest BCUT2D eigenvalue weighted by molar-refractivity contribution is 5.76. The lowest BCUT2D eigenvalue weighted by atomic mass is 10.1. The standard InChI is InChI=1S/C15H23NO2/c1-4-13-5-7-14(8-6-13)9-10-15(17)16-12(2)11-18-3/h5-8,12H,4,9-11H2,1-3H3,(H,16,17). The number of rotatable bonds is 7. The van der Waals surface area contributed by atoms with Gasteiger partial charge in [0.1, 0.15) is 0 Å². The van der Waals surface area contributed by atoms with Gasteiger partial charge in [0.25, 0.3) is 0 Å². The number of benzene rings is 1. The highest BCUT2D eigenvalue weighted by Gasteiger charge is 2.06. The normalized spacial score (nSPS) is 12.2. The molecule has 1 aromatic rings. The summed E-state index contributed by atoms with van der Waals surface area (Å²) in [5, 5.41) is 2.91. The Balaban J connectivity index is 2.33. The zero-order valence-electron chi connectivity index (χ0n) is 11.5. The van der Waals surface area contributed by atoms with Crippen LogP contribution in [-0.4, -0.2) is 25.7 Å². The third-order valence-electron chi connectivity index (χ3n) is 2.90. The van der Waals surface area contributed by atoms with Crippen molar-refractivity contribution in [3.05, 3.63) is 35.4 Å². The average molecular weight is 249 g/mol. The predicted octanol–water partition coefficient (Wildman–Crippen LogP) is 2.33. The first-order chi connectivity index (χ1) is 8.65. The maximum absolute atomic E-state index is 11.7. The lowest BCUT2D eigenvalue weighted by molar-refractivity contribution is -0.122. The lowest BCUT2D eigenvalue weighted by Gasteiger charge is -2.12. The Bertz CT molecular complexity index is 359. The van der Waals surface area contributed by atoms with Gasteiger partial charge < -0.3 is 10.1 Å². The number of hydrogen-bond donors (Lipinski definition) is 1. The van der Waals surface area contributed by atoms with Gasteiger partial charge >= 0.3 is 0 Å². The molecule has 0 aliphatic heterocycles. The molecule has 1 atom stereocenters. The average Bonchev–Trinajstić information content (AvgIpc) is 2.37. The summed E-state index contributed by atoms with van der Waals surface area (Å²) in [6.07, 6.45) is 2.37. The first kappa shape index (κ1) is 14.7. The van der Waals surface area contributed by atoms with Gasteiger partial charge in [-0.3, -0.25) is 4.79 Å². The van der Waals surface area contributed by atoms with Crippen molar-refractivity contribution in [1.82, 2.24) is 5.32 Å². The van der Waals surface area contributed by atoms with Crippen LogP contribution in [0.3, 0.4) is 0 Å². The van der Waals surface area contributed by atoms with Crippen molar-refractivity contribution < 1.29 is 9.53 Å². The maximum atomic E-state index is 11.7. The second-order valence-corrected chi connectivity index (χ2v) is 4.59. The van der Waals surface area contributed by atoms with E-state index in [4.69, 9.17) is 4.74 Å². The van der Waals surface area contributed by atoms with Crippen LogP contribution in [0.15, 0.2) is 24.3 Å². The molecular formula is C15H23NO2. The number of carbonyl (C=O) groups excluding carboxylic acids is 1. The highest BCUT2D eigenvalue weighted by Crippen LogP contribution is 2.07. The van der Waals surface area contributed by atoms with Gasteiger partial charge in [0.2, 0.25) is 5.91 Å². The predicted molar refractivity (Wildman–Crippen MR) is 73.6 cm³/mol. The molecule has 0 radical (unpaired) electrons. The Labute approximate surface area is 110 Å². The minimum atomic E-state index is 0.0740. The summed E-state index contributed by atoms with van der Waals surface area (Å²) >= 11 is 0. The summed E-state index contributed by atoms with van der Waals surface area (Å²) in [5.74, 6) is 0.0825. The smallest absolute Gasteiger partial charge is 0.220 e. The molecule has 0 aromatic heterocycles. The summed E-state index contributed by atoms with van der Waals surface area (Å²) in [5.41, 5.74) is 2.54. The number of carbonyl (C=O) groups is 1. The Morgan fingerprint density at radius 3 is 2.44 bits per heavy atom. The Kier molecular flexibility index (Phi) is 6.44. The van der Waals surface area contributed by atoms with E-state index in [1.807, 2.05) is 6.92 Å². The minimum absolute atomic E-state index is 0.0740. The molecule has 1 N–H and O–H groups in total. The number of aryl methyl sites for hydroxylation is 2. The summed E-state index contributed by atoms with van der Waals surface area (Å²) in [4.78, 5) is 11.7. The van der Waals surface area contributed by atoms with E-state index >= 15 is 0 Å². The molecule has 0 heterocycles. The van der Waals surface area contributed by atoms with E-state index in [0.717, 1.165) is 12.8 Å². The van der Waals surface area contributed by atoms with E-state index in [1.54, 1.807) is 7.11 Å². The zero-order chi connectivity index (χ0) is 13.4. The van der Waals surface area contributed by atoms with Crippen LogP contribution < -0.4 is 5.32 Å². The van der Waals surface area contributed by atoms with Crippen LogP contribution in [0.2, 0.25) is 0 Å². The third kappa shape index (κ3) is 5.32. The molecule has 0 aliphatic carbocycles. The molecule has 0 spiro atoms. The van der Waals surface area contributed by atoms with Gasteiger partial charge in [-0.1, -0.05) is 31.2 Å². The van der Waals surface area contributed by atoms with Gasteiger partial charge in [0.05, 0.1) is 6.61 Å². The van der Waals surface area contributed by atoms with Crippen molar-refractivity contribution in [3.63, 3.8) is 0 Å². The van der Waals surface area contributed by atoms with Crippen molar-refractivity contribution >= 4 is 5.91 Å². The van der Waals surface area contributed by atoms with E-state index in [1.165, 1.54) is 11.1 Å². The van der Waals surface area contributed by atoms with Crippen LogP contribution in [0.4, 0.5) is 0 Å². The number of methoxy groups -OCH3 is 1. The molecule has 1 aromatic carbocycles. The van der Waals surface area contributed by atoms with E-state index in [0.29, 0.717) is 13.0 Å². The first-order valence-electron chi connectivity index (χ1n) is 6.51. The topological polar surface area (TPSA) is 38.3 Å². The van der Waals surface area contributed by atoms with Crippen molar-refractivity contribution in [2.45, 2.75) is 39.2 Å². The second-order valence-electron chi connectivity index (χ2n) is 4.59. The monoisotopic (exact) mass is 249 g/mol. The molecule has 1 amide bonds. The molecule has 0 aliphatic rings. The molecular weight excluding hydrogens is 226 g/mol. The van der Waals surface area contributed by atoms with E-state index in [2.05, 4.69) is 36.5 Å². The summed E-state index contributed by atoms with van der Waals surface area (Å²) < 4.78 is 4.98. The van der Waals surface area contributed by atoms with Crippen molar-refractivity contribution in [3.8, 4) is 0 Å². The number of ether oxygens (including phenoxy) is 1. The van der Waals surface area contributed by atoms with E-state index in [9.17, 15) is 4.79 Å². The van der Waals surface area contributed by atoms with Gasteiger partial charge in [-0.2, -0.15) is 0 Å². The first-order valence-corrected chi connectivity index (χ1v) is 6.51. The van der Waals surface area contributed by atoms with Gasteiger partial charge in [-0.15, -0.1) is 0 Å². The summed E-state index contributed by atoms with van der Waals surface area (Å²) in [6, 6.07) is 8.53. The second kappa shape index (κ2) is 7.88. The molecule has 100 valence electrons. The van der Waals surface area contributed by atoms with Crippen LogP contribution in [0.1, 0.15) is 31.4 Å². The van der Waals surface area contributed by atoms with E-state index in [-0.39, 0.29) is 11.9 Å². The molecule has 1 rings (SSSR count). The molecule has 0 bridgehead atoms. The van der Waals surface area contributed by atoms with Crippen molar-refractivity contribution in [1.29, 1.82) is 0 Å². The molecule has 0 saturated heterocycles. The zero-order valence-corrected chi connectivity index (χ0v) is 11.5. The van der Waals surface area contributed by atoms with Crippen molar-refractivity contribution in [2.24, 2.45) is 0 Å². The van der Waals surface area contributed by atoms with Crippen molar-refractivity contribution in [2.75, 3.05) is 13.7 Å². The molecule has 0 saturated carbocycles. The van der Waals surface area contributed by atoms with Gasteiger partial charge in [0, 0.05) is 19.6 Å². The van der Waals surface area contributed by atoms with Gasteiger partial charge in [-0.25, -0.2) is 0 Å². The minimum Gasteiger partial charge on any atom is -0.383 e. The van der Waals surface area contributed by atoms with Crippen LogP contribution >= 0.6 is 0 Å². The molecule has 18 heavy (non-hydrogen) atoms. The van der Waals surface area contributed by atoms with Crippen LogP contribution in [0, 0.1) is 0 Å². The fraction of sp³-hybridized carbons (Fsp3) is 0.533. The molecule has 1 unspecified atom stereocenters. The lowest BCUT2D eigenvalue weighted by Crippen LogP contribution is -2.35. The third-order valence-corrected chi connectivity index (χ3v) is 2.90. The van der Waals surface area contributed by atoms with Gasteiger partial charge in [0.15, 0.2) is 0 Å². The summed E-state index contributed by atoms with van der Waals surface area (Å²) in [7, 11) is 1.64. The summed E-state index contributed by atoms with van der Waals surface area (Å²) in [6.45, 7) is 4.63. The fourth-order valence-corrected chi connectivity index (χ4v) is 1.84. The Hall–Kier alpha value is -1.35. The molecule has 3 heteroatoms. The molecule has 0 fully saturated rings. The number of amides is 1. The highest BCUT2D eigenvalue weighted by atomic mass is 16.5.